The van der Waals surface area contributed by atoms with E-state index in [1.165, 1.54) is 0 Å². The van der Waals surface area contributed by atoms with Crippen LogP contribution in [0.1, 0.15) is 12.6 Å². The number of nitrogens with one attached hydrogen (secondary N) is 1. The first-order chi connectivity index (χ1) is 5.70. The van der Waals surface area contributed by atoms with E-state index in [9.17, 15) is 0 Å². The van der Waals surface area contributed by atoms with E-state index in [2.05, 4.69) is 22.2 Å². The Morgan fingerprint density at radius 2 is 2.50 bits per heavy atom. The van der Waals surface area contributed by atoms with Gasteiger partial charge in [-0.05, 0) is 6.92 Å². The van der Waals surface area contributed by atoms with Crippen LogP contribution in [0, 0.1) is 0 Å². The van der Waals surface area contributed by atoms with E-state index in [1.54, 1.807) is 10.9 Å². The Morgan fingerprint density at radius 1 is 1.75 bits per heavy atom. The molecule has 0 unspecified atom stereocenters. The molecule has 0 aliphatic rings. The number of rotatable bonds is 4. The second kappa shape index (κ2) is 4.01. The molecule has 1 aromatic rings. The molecule has 0 amide bonds. The molecule has 0 spiro atoms. The number of aryl methyl sites for hydroxylation is 1. The first-order valence-corrected chi connectivity index (χ1v) is 3.89. The molecular weight excluding hydrogens is 152 g/mol. The van der Waals surface area contributed by atoms with Gasteiger partial charge in [-0.2, -0.15) is 0 Å². The lowest BCUT2D eigenvalue weighted by molar-refractivity contribution is 0.635. The van der Waals surface area contributed by atoms with Crippen LogP contribution in [0.25, 0.3) is 0 Å². The van der Waals surface area contributed by atoms with Crippen molar-refractivity contribution in [3.8, 4) is 0 Å². The zero-order valence-electron chi connectivity index (χ0n) is 7.54. The predicted octanol–water partition coefficient (Wildman–Crippen LogP) is 0.481. The molecule has 4 nitrogen and oxygen atoms in total. The van der Waals surface area contributed by atoms with Crippen molar-refractivity contribution in [2.75, 3.05) is 6.54 Å². The van der Waals surface area contributed by atoms with Crippen LogP contribution >= 0.6 is 0 Å². The lowest BCUT2D eigenvalue weighted by Crippen LogP contribution is -2.17. The fraction of sp³-hybridized carbons (Fsp3) is 0.500. The van der Waals surface area contributed by atoms with E-state index < -0.39 is 0 Å². The molecule has 4 heteroatoms. The van der Waals surface area contributed by atoms with Gasteiger partial charge in [0, 0.05) is 20.1 Å². The SMILES string of the molecule is C=C(C)CNCc1cnnn1C. The Balaban J connectivity index is 2.33. The summed E-state index contributed by atoms with van der Waals surface area (Å²) in [4.78, 5) is 0. The molecule has 12 heavy (non-hydrogen) atoms. The van der Waals surface area contributed by atoms with Gasteiger partial charge in [-0.25, -0.2) is 0 Å². The van der Waals surface area contributed by atoms with E-state index in [0.29, 0.717) is 0 Å². The molecule has 0 aromatic carbocycles. The predicted molar refractivity (Wildman–Crippen MR) is 47.5 cm³/mol. The van der Waals surface area contributed by atoms with Gasteiger partial charge in [0.15, 0.2) is 0 Å². The fourth-order valence-corrected chi connectivity index (χ4v) is 0.875. The second-order valence-electron chi connectivity index (χ2n) is 2.91. The van der Waals surface area contributed by atoms with Gasteiger partial charge in [-0.1, -0.05) is 17.4 Å². The highest BCUT2D eigenvalue weighted by Gasteiger charge is 1.97. The maximum Gasteiger partial charge on any atom is 0.0738 e. The Labute approximate surface area is 72.3 Å². The van der Waals surface area contributed by atoms with Crippen molar-refractivity contribution in [1.29, 1.82) is 0 Å². The molecule has 1 heterocycles. The van der Waals surface area contributed by atoms with Crippen LogP contribution in [0.2, 0.25) is 0 Å². The van der Waals surface area contributed by atoms with Crippen LogP contribution in [0.3, 0.4) is 0 Å². The molecule has 0 saturated heterocycles. The molecule has 0 radical (unpaired) electrons. The van der Waals surface area contributed by atoms with Gasteiger partial charge in [-0.15, -0.1) is 5.10 Å². The van der Waals surface area contributed by atoms with E-state index in [1.807, 2.05) is 14.0 Å². The summed E-state index contributed by atoms with van der Waals surface area (Å²) in [6.45, 7) is 7.42. The maximum atomic E-state index is 3.82. The molecule has 0 aliphatic heterocycles. The van der Waals surface area contributed by atoms with E-state index in [4.69, 9.17) is 0 Å². The van der Waals surface area contributed by atoms with E-state index >= 15 is 0 Å². The van der Waals surface area contributed by atoms with Crippen LogP contribution in [-0.4, -0.2) is 21.5 Å². The molecular formula is C8H14N4. The minimum atomic E-state index is 0.788. The standard InChI is InChI=1S/C8H14N4/c1-7(2)4-9-5-8-6-10-11-12(8)3/h6,9H,1,4-5H2,2-3H3. The summed E-state index contributed by atoms with van der Waals surface area (Å²) >= 11 is 0. The van der Waals surface area contributed by atoms with Gasteiger partial charge in [0.05, 0.1) is 11.9 Å². The summed E-state index contributed by atoms with van der Waals surface area (Å²) in [6, 6.07) is 0. The highest BCUT2D eigenvalue weighted by Crippen LogP contribution is 1.92. The van der Waals surface area contributed by atoms with Gasteiger partial charge in [0.25, 0.3) is 0 Å². The molecule has 1 rings (SSSR count). The number of nitrogens with zero attached hydrogens (tertiary/aromatic N) is 3. The van der Waals surface area contributed by atoms with Crippen LogP contribution in [0.5, 0.6) is 0 Å². The highest BCUT2D eigenvalue weighted by atomic mass is 15.4. The second-order valence-corrected chi connectivity index (χ2v) is 2.91. The van der Waals surface area contributed by atoms with Crippen molar-refractivity contribution in [3.63, 3.8) is 0 Å². The summed E-state index contributed by atoms with van der Waals surface area (Å²) in [5.41, 5.74) is 2.21. The molecule has 0 saturated carbocycles. The third-order valence-corrected chi connectivity index (χ3v) is 1.54. The molecule has 0 aliphatic carbocycles. The van der Waals surface area contributed by atoms with Crippen LogP contribution in [0.4, 0.5) is 0 Å². The summed E-state index contributed by atoms with van der Waals surface area (Å²) < 4.78 is 1.76. The van der Waals surface area contributed by atoms with Crippen molar-refractivity contribution in [2.24, 2.45) is 7.05 Å². The topological polar surface area (TPSA) is 42.7 Å². The smallest absolute Gasteiger partial charge is 0.0738 e. The Bertz CT molecular complexity index is 264. The average Bonchev–Trinajstić information content (AvgIpc) is 2.36. The van der Waals surface area contributed by atoms with Crippen LogP contribution < -0.4 is 5.32 Å². The van der Waals surface area contributed by atoms with Crippen LogP contribution in [-0.2, 0) is 13.6 Å². The largest absolute Gasteiger partial charge is 0.307 e. The summed E-state index contributed by atoms with van der Waals surface area (Å²) in [6.07, 6.45) is 1.76. The lowest BCUT2D eigenvalue weighted by Gasteiger charge is -2.02. The van der Waals surface area contributed by atoms with Crippen molar-refractivity contribution in [2.45, 2.75) is 13.5 Å². The minimum absolute atomic E-state index is 0.788. The zero-order valence-corrected chi connectivity index (χ0v) is 7.54. The molecule has 0 bridgehead atoms. The normalized spacial score (nSPS) is 10.2. The minimum Gasteiger partial charge on any atom is -0.307 e. The molecule has 1 aromatic heterocycles. The van der Waals surface area contributed by atoms with Crippen LogP contribution in [0.15, 0.2) is 18.3 Å². The highest BCUT2D eigenvalue weighted by molar-refractivity contribution is 4.95. The summed E-state index contributed by atoms with van der Waals surface area (Å²) in [5.74, 6) is 0. The van der Waals surface area contributed by atoms with Gasteiger partial charge in [0.1, 0.15) is 0 Å². The molecule has 1 N–H and O–H groups in total. The average molecular weight is 166 g/mol. The summed E-state index contributed by atoms with van der Waals surface area (Å²) in [7, 11) is 1.88. The molecule has 0 fully saturated rings. The Hall–Kier alpha value is -1.16. The molecule has 66 valence electrons. The van der Waals surface area contributed by atoms with Crippen molar-refractivity contribution in [1.82, 2.24) is 20.3 Å². The van der Waals surface area contributed by atoms with Crippen molar-refractivity contribution >= 4 is 0 Å². The van der Waals surface area contributed by atoms with Gasteiger partial charge in [-0.3, -0.25) is 4.68 Å². The number of hydrogen-bond donors (Lipinski definition) is 1. The zero-order chi connectivity index (χ0) is 8.97. The third kappa shape index (κ3) is 2.47. The first-order valence-electron chi connectivity index (χ1n) is 3.89. The monoisotopic (exact) mass is 166 g/mol. The lowest BCUT2D eigenvalue weighted by atomic mass is 10.3. The number of aromatic nitrogens is 3. The Kier molecular flexibility index (Phi) is 2.99. The number of hydrogen-bond acceptors (Lipinski definition) is 3. The van der Waals surface area contributed by atoms with E-state index in [0.717, 1.165) is 24.4 Å². The van der Waals surface area contributed by atoms with Crippen molar-refractivity contribution in [3.05, 3.63) is 24.0 Å². The maximum absolute atomic E-state index is 3.82. The molecule has 0 atom stereocenters. The van der Waals surface area contributed by atoms with Gasteiger partial charge >= 0.3 is 0 Å². The van der Waals surface area contributed by atoms with Gasteiger partial charge < -0.3 is 5.32 Å². The first kappa shape index (κ1) is 8.93. The quantitative estimate of drug-likeness (QED) is 0.662. The fourth-order valence-electron chi connectivity index (χ4n) is 0.875. The van der Waals surface area contributed by atoms with Crippen molar-refractivity contribution < 1.29 is 0 Å². The Morgan fingerprint density at radius 3 is 3.00 bits per heavy atom. The van der Waals surface area contributed by atoms with Gasteiger partial charge in [0.2, 0.25) is 0 Å². The van der Waals surface area contributed by atoms with E-state index in [-0.39, 0.29) is 0 Å². The summed E-state index contributed by atoms with van der Waals surface area (Å²) in [5, 5.41) is 10.8. The third-order valence-electron chi connectivity index (χ3n) is 1.54.